The molecular weight excluding hydrogens is 186 g/mol. The molecule has 0 spiro atoms. The fraction of sp³-hybridized carbons (Fsp3) is 0.538. The summed E-state index contributed by atoms with van der Waals surface area (Å²) in [5, 5.41) is 3.53. The van der Waals surface area contributed by atoms with Crippen LogP contribution in [0.2, 0.25) is 0 Å². The predicted octanol–water partition coefficient (Wildman–Crippen LogP) is 2.60. The first-order chi connectivity index (χ1) is 7.45. The molecule has 2 heteroatoms. The van der Waals surface area contributed by atoms with E-state index in [1.165, 1.54) is 25.8 Å². The van der Waals surface area contributed by atoms with E-state index in [1.54, 1.807) is 0 Å². The molecule has 2 nitrogen and oxygen atoms in total. The maximum Gasteiger partial charge on any atom is 0.119 e. The fourth-order valence-electron chi connectivity index (χ4n) is 2.01. The Kier molecular flexibility index (Phi) is 4.03. The van der Waals surface area contributed by atoms with E-state index >= 15 is 0 Å². The third kappa shape index (κ3) is 3.56. The van der Waals surface area contributed by atoms with Crippen molar-refractivity contribution in [3.8, 4) is 5.75 Å². The van der Waals surface area contributed by atoms with E-state index < -0.39 is 0 Å². The standard InChI is InChI=1S/C13H19NO/c1-2-7-13(8-3-1)15-11-9-12-6-4-5-10-14-12/h1-3,7-8,12,14H,4-6,9-11H2. The molecule has 1 N–H and O–H groups in total. The van der Waals surface area contributed by atoms with E-state index in [0.29, 0.717) is 6.04 Å². The Morgan fingerprint density at radius 1 is 1.20 bits per heavy atom. The van der Waals surface area contributed by atoms with Crippen molar-refractivity contribution in [2.75, 3.05) is 13.2 Å². The van der Waals surface area contributed by atoms with Crippen LogP contribution in [0.4, 0.5) is 0 Å². The first-order valence-corrected chi connectivity index (χ1v) is 5.86. The average Bonchev–Trinajstić information content (AvgIpc) is 2.32. The van der Waals surface area contributed by atoms with Crippen molar-refractivity contribution in [1.82, 2.24) is 5.32 Å². The first kappa shape index (κ1) is 10.5. The number of ether oxygens (including phenoxy) is 1. The van der Waals surface area contributed by atoms with E-state index in [4.69, 9.17) is 4.74 Å². The molecule has 15 heavy (non-hydrogen) atoms. The van der Waals surface area contributed by atoms with Gasteiger partial charge in [-0.15, -0.1) is 0 Å². The van der Waals surface area contributed by atoms with Crippen LogP contribution in [0.1, 0.15) is 25.7 Å². The number of hydrogen-bond donors (Lipinski definition) is 1. The van der Waals surface area contributed by atoms with Gasteiger partial charge in [-0.2, -0.15) is 0 Å². The number of rotatable bonds is 4. The lowest BCUT2D eigenvalue weighted by atomic mass is 10.0. The Morgan fingerprint density at radius 2 is 2.07 bits per heavy atom. The monoisotopic (exact) mass is 205 g/mol. The normalized spacial score (nSPS) is 21.2. The van der Waals surface area contributed by atoms with Crippen LogP contribution in [0.25, 0.3) is 0 Å². The summed E-state index contributed by atoms with van der Waals surface area (Å²) < 4.78 is 5.67. The summed E-state index contributed by atoms with van der Waals surface area (Å²) in [6.07, 6.45) is 5.12. The van der Waals surface area contributed by atoms with Crippen LogP contribution < -0.4 is 10.1 Å². The lowest BCUT2D eigenvalue weighted by Crippen LogP contribution is -2.35. The third-order valence-electron chi connectivity index (χ3n) is 2.89. The minimum Gasteiger partial charge on any atom is -0.494 e. The van der Waals surface area contributed by atoms with Crippen LogP contribution in [-0.2, 0) is 0 Å². The molecule has 0 saturated carbocycles. The molecule has 2 rings (SSSR count). The first-order valence-electron chi connectivity index (χ1n) is 5.86. The van der Waals surface area contributed by atoms with E-state index in [-0.39, 0.29) is 0 Å². The number of hydrogen-bond acceptors (Lipinski definition) is 2. The minimum absolute atomic E-state index is 0.669. The average molecular weight is 205 g/mol. The Hall–Kier alpha value is -1.02. The van der Waals surface area contributed by atoms with Gasteiger partial charge in [0.1, 0.15) is 5.75 Å². The SMILES string of the molecule is c1ccc(OCCC2CCCCN2)cc1. The summed E-state index contributed by atoms with van der Waals surface area (Å²) in [6.45, 7) is 2.00. The molecule has 82 valence electrons. The second-order valence-electron chi connectivity index (χ2n) is 4.10. The van der Waals surface area contributed by atoms with Crippen LogP contribution in [0.5, 0.6) is 5.75 Å². The number of benzene rings is 1. The number of piperidine rings is 1. The van der Waals surface area contributed by atoms with Crippen molar-refractivity contribution in [2.45, 2.75) is 31.7 Å². The second-order valence-corrected chi connectivity index (χ2v) is 4.10. The molecule has 1 heterocycles. The van der Waals surface area contributed by atoms with Gasteiger partial charge in [0.05, 0.1) is 6.61 Å². The molecule has 0 radical (unpaired) electrons. The van der Waals surface area contributed by atoms with Gasteiger partial charge in [0.25, 0.3) is 0 Å². The fourth-order valence-corrected chi connectivity index (χ4v) is 2.01. The van der Waals surface area contributed by atoms with Gasteiger partial charge < -0.3 is 10.1 Å². The Labute approximate surface area is 91.6 Å². The molecule has 1 unspecified atom stereocenters. The summed E-state index contributed by atoms with van der Waals surface area (Å²) in [7, 11) is 0. The van der Waals surface area contributed by atoms with Crippen LogP contribution in [0.3, 0.4) is 0 Å². The zero-order valence-corrected chi connectivity index (χ0v) is 9.11. The lowest BCUT2D eigenvalue weighted by molar-refractivity contribution is 0.268. The van der Waals surface area contributed by atoms with Crippen molar-refractivity contribution in [3.05, 3.63) is 30.3 Å². The van der Waals surface area contributed by atoms with Gasteiger partial charge in [0, 0.05) is 6.04 Å². The maximum absolute atomic E-state index is 5.67. The molecule has 1 aliphatic heterocycles. The summed E-state index contributed by atoms with van der Waals surface area (Å²) in [5.74, 6) is 0.980. The van der Waals surface area contributed by atoms with Crippen molar-refractivity contribution in [1.29, 1.82) is 0 Å². The summed E-state index contributed by atoms with van der Waals surface area (Å²) in [4.78, 5) is 0. The highest BCUT2D eigenvalue weighted by atomic mass is 16.5. The van der Waals surface area contributed by atoms with Crippen LogP contribution in [0.15, 0.2) is 30.3 Å². The zero-order chi connectivity index (χ0) is 10.3. The molecule has 1 aliphatic rings. The Bertz CT molecular complexity index is 267. The zero-order valence-electron chi connectivity index (χ0n) is 9.11. The molecule has 0 aliphatic carbocycles. The molecule has 1 aromatic rings. The quantitative estimate of drug-likeness (QED) is 0.815. The van der Waals surface area contributed by atoms with Crippen molar-refractivity contribution >= 4 is 0 Å². The highest BCUT2D eigenvalue weighted by Gasteiger charge is 2.11. The van der Waals surface area contributed by atoms with Gasteiger partial charge in [-0.25, -0.2) is 0 Å². The van der Waals surface area contributed by atoms with Crippen molar-refractivity contribution < 1.29 is 4.74 Å². The highest BCUT2D eigenvalue weighted by Crippen LogP contribution is 2.12. The molecule has 1 fully saturated rings. The lowest BCUT2D eigenvalue weighted by Gasteiger charge is -2.23. The van der Waals surface area contributed by atoms with Gasteiger partial charge in [-0.1, -0.05) is 24.6 Å². The van der Waals surface area contributed by atoms with E-state index in [0.717, 1.165) is 18.8 Å². The van der Waals surface area contributed by atoms with Gasteiger partial charge in [-0.05, 0) is 37.9 Å². The smallest absolute Gasteiger partial charge is 0.119 e. The Balaban J connectivity index is 1.66. The van der Waals surface area contributed by atoms with Crippen molar-refractivity contribution in [3.63, 3.8) is 0 Å². The maximum atomic E-state index is 5.67. The highest BCUT2D eigenvalue weighted by molar-refractivity contribution is 5.20. The summed E-state index contributed by atoms with van der Waals surface area (Å²) in [6, 6.07) is 10.7. The second kappa shape index (κ2) is 5.76. The molecule has 0 amide bonds. The van der Waals surface area contributed by atoms with Crippen molar-refractivity contribution in [2.24, 2.45) is 0 Å². The van der Waals surface area contributed by atoms with Gasteiger partial charge in [0.15, 0.2) is 0 Å². The van der Waals surface area contributed by atoms with Crippen LogP contribution in [-0.4, -0.2) is 19.2 Å². The molecule has 1 atom stereocenters. The number of para-hydroxylation sites is 1. The third-order valence-corrected chi connectivity index (χ3v) is 2.89. The minimum atomic E-state index is 0.669. The molecular formula is C13H19NO. The van der Waals surface area contributed by atoms with E-state index in [2.05, 4.69) is 5.32 Å². The summed E-state index contributed by atoms with van der Waals surface area (Å²) in [5.41, 5.74) is 0. The van der Waals surface area contributed by atoms with E-state index in [9.17, 15) is 0 Å². The van der Waals surface area contributed by atoms with Gasteiger partial charge in [0.2, 0.25) is 0 Å². The molecule has 0 bridgehead atoms. The van der Waals surface area contributed by atoms with Crippen LogP contribution in [0, 0.1) is 0 Å². The van der Waals surface area contributed by atoms with Crippen LogP contribution >= 0.6 is 0 Å². The van der Waals surface area contributed by atoms with E-state index in [1.807, 2.05) is 30.3 Å². The molecule has 0 aromatic heterocycles. The molecule has 1 aromatic carbocycles. The topological polar surface area (TPSA) is 21.3 Å². The number of nitrogens with one attached hydrogen (secondary N) is 1. The van der Waals surface area contributed by atoms with Gasteiger partial charge in [-0.3, -0.25) is 0 Å². The van der Waals surface area contributed by atoms with Gasteiger partial charge >= 0.3 is 0 Å². The Morgan fingerprint density at radius 3 is 2.80 bits per heavy atom. The predicted molar refractivity (Wildman–Crippen MR) is 62.2 cm³/mol. The largest absolute Gasteiger partial charge is 0.494 e. The summed E-state index contributed by atoms with van der Waals surface area (Å²) >= 11 is 0. The molecule has 1 saturated heterocycles.